The lowest BCUT2D eigenvalue weighted by atomic mass is 9.87. The van der Waals surface area contributed by atoms with Gasteiger partial charge in [-0.25, -0.2) is 0 Å². The molecule has 1 N–H and O–H groups in total. The highest BCUT2D eigenvalue weighted by Gasteiger charge is 2.38. The van der Waals surface area contributed by atoms with Crippen molar-refractivity contribution >= 4 is 11.8 Å². The van der Waals surface area contributed by atoms with Gasteiger partial charge in [0.05, 0.1) is 12.1 Å². The standard InChI is InChI=1S/C21H28N4O2/c1-13-8-15(20(26)24(3)4)9-14(2)19(13)16-10-18(23-12-16)21(27)25-7-5-6-17(25)11-22/h8-9,16-18,23H,5-7,10,12H2,1-4H3/t16-,17-,18-/m0/s1. The van der Waals surface area contributed by atoms with Crippen molar-refractivity contribution in [3.05, 3.63) is 34.4 Å². The topological polar surface area (TPSA) is 76.4 Å². The third kappa shape index (κ3) is 3.70. The lowest BCUT2D eigenvalue weighted by Crippen LogP contribution is -2.45. The van der Waals surface area contributed by atoms with Gasteiger partial charge < -0.3 is 15.1 Å². The zero-order valence-electron chi connectivity index (χ0n) is 16.6. The molecule has 2 amide bonds. The molecular weight excluding hydrogens is 340 g/mol. The van der Waals surface area contributed by atoms with Crippen molar-refractivity contribution < 1.29 is 9.59 Å². The second-order valence-corrected chi connectivity index (χ2v) is 7.94. The summed E-state index contributed by atoms with van der Waals surface area (Å²) in [6.45, 7) is 5.50. The SMILES string of the molecule is Cc1cc(C(=O)N(C)C)cc(C)c1[C@@H]1CN[C@H](C(=O)N2CCC[C@H]2C#N)C1. The number of nitrogens with one attached hydrogen (secondary N) is 1. The van der Waals surface area contributed by atoms with Crippen LogP contribution < -0.4 is 5.32 Å². The molecule has 27 heavy (non-hydrogen) atoms. The molecule has 2 aliphatic rings. The first-order valence-corrected chi connectivity index (χ1v) is 9.59. The van der Waals surface area contributed by atoms with Gasteiger partial charge in [0.1, 0.15) is 6.04 Å². The predicted molar refractivity (Wildman–Crippen MR) is 103 cm³/mol. The second-order valence-electron chi connectivity index (χ2n) is 7.94. The molecule has 1 aromatic carbocycles. The van der Waals surface area contributed by atoms with Gasteiger partial charge in [0, 0.05) is 32.7 Å². The molecule has 0 bridgehead atoms. The zero-order chi connectivity index (χ0) is 19.7. The quantitative estimate of drug-likeness (QED) is 0.885. The van der Waals surface area contributed by atoms with Gasteiger partial charge in [0.2, 0.25) is 5.91 Å². The minimum absolute atomic E-state index is 0.00179. The highest BCUT2D eigenvalue weighted by atomic mass is 16.2. The summed E-state index contributed by atoms with van der Waals surface area (Å²) >= 11 is 0. The van der Waals surface area contributed by atoms with Crippen LogP contribution in [0.1, 0.15) is 52.2 Å². The molecule has 2 fully saturated rings. The first-order valence-electron chi connectivity index (χ1n) is 9.59. The Balaban J connectivity index is 1.76. The number of nitriles is 1. The molecular formula is C21H28N4O2. The van der Waals surface area contributed by atoms with Gasteiger partial charge in [-0.15, -0.1) is 0 Å². The van der Waals surface area contributed by atoms with Crippen molar-refractivity contribution in [2.45, 2.75) is 51.1 Å². The van der Waals surface area contributed by atoms with Crippen LogP contribution in [0, 0.1) is 25.2 Å². The summed E-state index contributed by atoms with van der Waals surface area (Å²) in [5.41, 5.74) is 4.12. The van der Waals surface area contributed by atoms with E-state index in [1.807, 2.05) is 26.0 Å². The Bertz CT molecular complexity index is 773. The normalized spacial score (nSPS) is 24.7. The number of benzene rings is 1. The molecule has 0 unspecified atom stereocenters. The van der Waals surface area contributed by atoms with Crippen LogP contribution in [0.15, 0.2) is 12.1 Å². The first-order chi connectivity index (χ1) is 12.8. The molecule has 0 aliphatic carbocycles. The number of amides is 2. The third-order valence-electron chi connectivity index (χ3n) is 5.77. The molecule has 2 aliphatic heterocycles. The first kappa shape index (κ1) is 19.4. The molecule has 6 nitrogen and oxygen atoms in total. The summed E-state index contributed by atoms with van der Waals surface area (Å²) in [6, 6.07) is 5.64. The van der Waals surface area contributed by atoms with E-state index in [1.54, 1.807) is 23.9 Å². The summed E-state index contributed by atoms with van der Waals surface area (Å²) < 4.78 is 0. The van der Waals surface area contributed by atoms with E-state index in [0.29, 0.717) is 12.1 Å². The zero-order valence-corrected chi connectivity index (χ0v) is 16.6. The van der Waals surface area contributed by atoms with Crippen molar-refractivity contribution in [3.8, 4) is 6.07 Å². The van der Waals surface area contributed by atoms with E-state index in [4.69, 9.17) is 0 Å². The van der Waals surface area contributed by atoms with E-state index in [1.165, 1.54) is 5.56 Å². The fraction of sp³-hybridized carbons (Fsp3) is 0.571. The molecule has 0 saturated carbocycles. The van der Waals surface area contributed by atoms with E-state index < -0.39 is 0 Å². The number of carbonyl (C=O) groups is 2. The Kier molecular flexibility index (Phi) is 5.52. The van der Waals surface area contributed by atoms with Crippen molar-refractivity contribution in [3.63, 3.8) is 0 Å². The van der Waals surface area contributed by atoms with Crippen molar-refractivity contribution in [2.24, 2.45) is 0 Å². The van der Waals surface area contributed by atoms with Crippen LogP contribution in [-0.2, 0) is 4.79 Å². The molecule has 144 valence electrons. The highest BCUT2D eigenvalue weighted by Crippen LogP contribution is 2.33. The summed E-state index contributed by atoms with van der Waals surface area (Å²) in [5, 5.41) is 12.6. The number of rotatable bonds is 3. The van der Waals surface area contributed by atoms with Crippen LogP contribution in [0.3, 0.4) is 0 Å². The number of carbonyl (C=O) groups excluding carboxylic acids is 2. The van der Waals surface area contributed by atoms with Crippen molar-refractivity contribution in [2.75, 3.05) is 27.2 Å². The van der Waals surface area contributed by atoms with Crippen LogP contribution in [0.4, 0.5) is 0 Å². The van der Waals surface area contributed by atoms with Gasteiger partial charge in [-0.05, 0) is 67.9 Å². The lowest BCUT2D eigenvalue weighted by Gasteiger charge is -2.23. The van der Waals surface area contributed by atoms with E-state index in [-0.39, 0.29) is 29.8 Å². The fourth-order valence-electron chi connectivity index (χ4n) is 4.51. The largest absolute Gasteiger partial charge is 0.345 e. The molecule has 1 aromatic rings. The van der Waals surface area contributed by atoms with Crippen LogP contribution in [-0.4, -0.2) is 60.9 Å². The third-order valence-corrected chi connectivity index (χ3v) is 5.77. The Morgan fingerprint density at radius 2 is 1.93 bits per heavy atom. The van der Waals surface area contributed by atoms with E-state index in [0.717, 1.165) is 36.9 Å². The van der Waals surface area contributed by atoms with Crippen LogP contribution in [0.25, 0.3) is 0 Å². The molecule has 2 heterocycles. The predicted octanol–water partition coefficient (Wildman–Crippen LogP) is 1.97. The number of aryl methyl sites for hydroxylation is 2. The van der Waals surface area contributed by atoms with Crippen LogP contribution in [0.2, 0.25) is 0 Å². The van der Waals surface area contributed by atoms with Gasteiger partial charge in [-0.1, -0.05) is 0 Å². The molecule has 2 saturated heterocycles. The average molecular weight is 368 g/mol. The second kappa shape index (κ2) is 7.69. The molecule has 6 heteroatoms. The Morgan fingerprint density at radius 1 is 1.26 bits per heavy atom. The van der Waals surface area contributed by atoms with Crippen LogP contribution >= 0.6 is 0 Å². The molecule has 3 atom stereocenters. The Morgan fingerprint density at radius 3 is 2.52 bits per heavy atom. The average Bonchev–Trinajstić information content (AvgIpc) is 3.29. The summed E-state index contributed by atoms with van der Waals surface area (Å²) in [6.07, 6.45) is 2.41. The van der Waals surface area contributed by atoms with E-state index in [9.17, 15) is 14.9 Å². The lowest BCUT2D eigenvalue weighted by molar-refractivity contribution is -0.133. The summed E-state index contributed by atoms with van der Waals surface area (Å²) in [7, 11) is 3.51. The number of nitrogens with zero attached hydrogens (tertiary/aromatic N) is 3. The van der Waals surface area contributed by atoms with Gasteiger partial charge in [-0.3, -0.25) is 9.59 Å². The maximum Gasteiger partial charge on any atom is 0.253 e. The summed E-state index contributed by atoms with van der Waals surface area (Å²) in [4.78, 5) is 28.4. The van der Waals surface area contributed by atoms with Gasteiger partial charge in [0.15, 0.2) is 0 Å². The summed E-state index contributed by atoms with van der Waals surface area (Å²) in [5.74, 6) is 0.295. The molecule has 0 radical (unpaired) electrons. The number of hydrogen-bond acceptors (Lipinski definition) is 4. The molecule has 3 rings (SSSR count). The number of hydrogen-bond donors (Lipinski definition) is 1. The van der Waals surface area contributed by atoms with Crippen molar-refractivity contribution in [1.82, 2.24) is 15.1 Å². The maximum atomic E-state index is 12.8. The Hall–Kier alpha value is -2.39. The fourth-order valence-corrected chi connectivity index (χ4v) is 4.51. The van der Waals surface area contributed by atoms with E-state index in [2.05, 4.69) is 11.4 Å². The molecule has 0 spiro atoms. The minimum Gasteiger partial charge on any atom is -0.345 e. The van der Waals surface area contributed by atoms with Gasteiger partial charge in [-0.2, -0.15) is 5.26 Å². The molecule has 0 aromatic heterocycles. The van der Waals surface area contributed by atoms with Crippen LogP contribution in [0.5, 0.6) is 0 Å². The maximum absolute atomic E-state index is 12.8. The monoisotopic (exact) mass is 368 g/mol. The number of likely N-dealkylation sites (tertiary alicyclic amines) is 1. The Labute approximate surface area is 161 Å². The van der Waals surface area contributed by atoms with Crippen molar-refractivity contribution in [1.29, 1.82) is 5.26 Å². The highest BCUT2D eigenvalue weighted by molar-refractivity contribution is 5.94. The van der Waals surface area contributed by atoms with Gasteiger partial charge >= 0.3 is 0 Å². The van der Waals surface area contributed by atoms with E-state index >= 15 is 0 Å². The smallest absolute Gasteiger partial charge is 0.253 e. The minimum atomic E-state index is -0.279. The van der Waals surface area contributed by atoms with Gasteiger partial charge in [0.25, 0.3) is 5.91 Å².